The van der Waals surface area contributed by atoms with E-state index < -0.39 is 0 Å². The minimum absolute atomic E-state index is 0.174. The zero-order valence-corrected chi connectivity index (χ0v) is 9.33. The van der Waals surface area contributed by atoms with Gasteiger partial charge in [0.1, 0.15) is 0 Å². The van der Waals surface area contributed by atoms with Crippen LogP contribution in [0.4, 0.5) is 0 Å². The van der Waals surface area contributed by atoms with Crippen molar-refractivity contribution in [3.63, 3.8) is 0 Å². The van der Waals surface area contributed by atoms with Gasteiger partial charge in [-0.2, -0.15) is 0 Å². The number of hydrogen-bond acceptors (Lipinski definition) is 4. The largest absolute Gasteiger partial charge is 0.355 e. The highest BCUT2D eigenvalue weighted by Crippen LogP contribution is 2.01. The zero-order valence-electron chi connectivity index (χ0n) is 9.33. The average Bonchev–Trinajstić information content (AvgIpc) is 1.96. The van der Waals surface area contributed by atoms with Gasteiger partial charge < -0.3 is 15.2 Å². The summed E-state index contributed by atoms with van der Waals surface area (Å²) in [5.74, 6) is 0. The number of rotatable bonds is 6. The van der Waals surface area contributed by atoms with Crippen LogP contribution in [-0.4, -0.2) is 51.1 Å². The third-order valence-corrected chi connectivity index (χ3v) is 1.66. The fourth-order valence-corrected chi connectivity index (χ4v) is 1.26. The van der Waals surface area contributed by atoms with E-state index in [1.54, 1.807) is 14.2 Å². The highest BCUT2D eigenvalue weighted by Gasteiger charge is 2.16. The summed E-state index contributed by atoms with van der Waals surface area (Å²) in [6.07, 6.45) is -0.174. The topological polar surface area (TPSA) is 47.7 Å². The molecule has 4 nitrogen and oxygen atoms in total. The number of methoxy groups -OCH3 is 2. The van der Waals surface area contributed by atoms with Gasteiger partial charge in [-0.3, -0.25) is 4.90 Å². The lowest BCUT2D eigenvalue weighted by Gasteiger charge is -2.28. The number of ether oxygens (including phenoxy) is 2. The van der Waals surface area contributed by atoms with E-state index in [9.17, 15) is 0 Å². The standard InChI is InChI=1S/C9H22N2O2/c1-9(2,10)7-11(3)6-8(12-4)13-5/h8H,6-7,10H2,1-5H3. The molecule has 0 amide bonds. The summed E-state index contributed by atoms with van der Waals surface area (Å²) in [4.78, 5) is 2.09. The van der Waals surface area contributed by atoms with E-state index in [0.29, 0.717) is 0 Å². The molecule has 4 heteroatoms. The van der Waals surface area contributed by atoms with Crippen LogP contribution >= 0.6 is 0 Å². The highest BCUT2D eigenvalue weighted by molar-refractivity contribution is 4.75. The van der Waals surface area contributed by atoms with Crippen LogP contribution in [-0.2, 0) is 9.47 Å². The normalized spacial score (nSPS) is 12.9. The monoisotopic (exact) mass is 190 g/mol. The van der Waals surface area contributed by atoms with Crippen LogP contribution in [0.25, 0.3) is 0 Å². The van der Waals surface area contributed by atoms with Gasteiger partial charge in [0.2, 0.25) is 0 Å². The smallest absolute Gasteiger partial charge is 0.169 e. The molecule has 0 aromatic rings. The van der Waals surface area contributed by atoms with Crippen molar-refractivity contribution in [1.29, 1.82) is 0 Å². The molecular formula is C9H22N2O2. The van der Waals surface area contributed by atoms with Crippen molar-refractivity contribution in [3.8, 4) is 0 Å². The molecule has 0 bridgehead atoms. The van der Waals surface area contributed by atoms with Crippen molar-refractivity contribution in [2.24, 2.45) is 5.73 Å². The van der Waals surface area contributed by atoms with Gasteiger partial charge in [-0.1, -0.05) is 0 Å². The minimum Gasteiger partial charge on any atom is -0.355 e. The Hall–Kier alpha value is -0.160. The van der Waals surface area contributed by atoms with Crippen molar-refractivity contribution in [2.75, 3.05) is 34.4 Å². The van der Waals surface area contributed by atoms with Crippen LogP contribution in [0.5, 0.6) is 0 Å². The Morgan fingerprint density at radius 3 is 2.08 bits per heavy atom. The molecule has 0 aromatic heterocycles. The minimum atomic E-state index is -0.180. The lowest BCUT2D eigenvalue weighted by Crippen LogP contribution is -2.46. The Morgan fingerprint density at radius 2 is 1.77 bits per heavy atom. The molecule has 0 spiro atoms. The molecule has 0 saturated heterocycles. The molecule has 0 aliphatic carbocycles. The third kappa shape index (κ3) is 6.95. The van der Waals surface area contributed by atoms with Crippen molar-refractivity contribution in [3.05, 3.63) is 0 Å². The number of hydrogen-bond donors (Lipinski definition) is 1. The van der Waals surface area contributed by atoms with Crippen molar-refractivity contribution in [2.45, 2.75) is 25.7 Å². The van der Waals surface area contributed by atoms with E-state index in [-0.39, 0.29) is 11.8 Å². The van der Waals surface area contributed by atoms with Crippen LogP contribution in [0.15, 0.2) is 0 Å². The molecule has 13 heavy (non-hydrogen) atoms. The fourth-order valence-electron chi connectivity index (χ4n) is 1.26. The van der Waals surface area contributed by atoms with Crippen LogP contribution in [0.3, 0.4) is 0 Å². The average molecular weight is 190 g/mol. The summed E-state index contributed by atoms with van der Waals surface area (Å²) in [7, 11) is 5.27. The van der Waals surface area contributed by atoms with Crippen molar-refractivity contribution in [1.82, 2.24) is 4.90 Å². The van der Waals surface area contributed by atoms with Gasteiger partial charge in [-0.05, 0) is 20.9 Å². The molecule has 80 valence electrons. The Labute approximate surface area is 81.0 Å². The second kappa shape index (κ2) is 5.54. The van der Waals surface area contributed by atoms with Gasteiger partial charge in [0.25, 0.3) is 0 Å². The molecule has 0 radical (unpaired) electrons. The molecule has 0 aliphatic rings. The summed E-state index contributed by atoms with van der Waals surface area (Å²) in [6, 6.07) is 0. The summed E-state index contributed by atoms with van der Waals surface area (Å²) < 4.78 is 10.2. The summed E-state index contributed by atoms with van der Waals surface area (Å²) in [6.45, 7) is 5.54. The Kier molecular flexibility index (Phi) is 5.48. The molecule has 0 aromatic carbocycles. The maximum absolute atomic E-state index is 5.87. The lowest BCUT2D eigenvalue weighted by atomic mass is 10.1. The van der Waals surface area contributed by atoms with E-state index in [0.717, 1.165) is 13.1 Å². The molecule has 0 unspecified atom stereocenters. The second-order valence-electron chi connectivity index (χ2n) is 4.09. The quantitative estimate of drug-likeness (QED) is 0.611. The van der Waals surface area contributed by atoms with Gasteiger partial charge in [0.15, 0.2) is 6.29 Å². The Morgan fingerprint density at radius 1 is 1.31 bits per heavy atom. The predicted molar refractivity (Wildman–Crippen MR) is 53.6 cm³/mol. The predicted octanol–water partition coefficient (Wildman–Crippen LogP) is 0.274. The first-order chi connectivity index (χ1) is 5.89. The number of likely N-dealkylation sites (N-methyl/N-ethyl adjacent to an activating group) is 1. The summed E-state index contributed by atoms with van der Waals surface area (Å²) >= 11 is 0. The molecule has 0 atom stereocenters. The molecule has 0 aliphatic heterocycles. The molecule has 0 rings (SSSR count). The fraction of sp³-hybridized carbons (Fsp3) is 1.00. The van der Waals surface area contributed by atoms with Gasteiger partial charge in [-0.25, -0.2) is 0 Å². The Bertz CT molecular complexity index is 130. The SMILES string of the molecule is COC(CN(C)CC(C)(C)N)OC. The van der Waals surface area contributed by atoms with Crippen LogP contribution in [0.1, 0.15) is 13.8 Å². The molecule has 0 saturated carbocycles. The van der Waals surface area contributed by atoms with E-state index in [1.807, 2.05) is 20.9 Å². The maximum atomic E-state index is 5.87. The third-order valence-electron chi connectivity index (χ3n) is 1.66. The first-order valence-electron chi connectivity index (χ1n) is 4.42. The van der Waals surface area contributed by atoms with Gasteiger partial charge in [0, 0.05) is 32.8 Å². The maximum Gasteiger partial charge on any atom is 0.169 e. The lowest BCUT2D eigenvalue weighted by molar-refractivity contribution is -0.114. The first kappa shape index (κ1) is 12.8. The van der Waals surface area contributed by atoms with Crippen LogP contribution < -0.4 is 5.73 Å². The van der Waals surface area contributed by atoms with Crippen molar-refractivity contribution < 1.29 is 9.47 Å². The van der Waals surface area contributed by atoms with Gasteiger partial charge >= 0.3 is 0 Å². The molecule has 0 fully saturated rings. The summed E-state index contributed by atoms with van der Waals surface area (Å²) in [5.41, 5.74) is 5.69. The second-order valence-corrected chi connectivity index (χ2v) is 4.09. The summed E-state index contributed by atoms with van der Waals surface area (Å²) in [5, 5.41) is 0. The first-order valence-corrected chi connectivity index (χ1v) is 4.42. The molecular weight excluding hydrogens is 168 g/mol. The Balaban J connectivity index is 3.79. The van der Waals surface area contributed by atoms with E-state index in [1.165, 1.54) is 0 Å². The molecule has 0 heterocycles. The van der Waals surface area contributed by atoms with Crippen LogP contribution in [0.2, 0.25) is 0 Å². The number of nitrogens with zero attached hydrogens (tertiary/aromatic N) is 1. The number of nitrogens with two attached hydrogens (primary N) is 1. The van der Waals surface area contributed by atoms with E-state index in [2.05, 4.69) is 4.90 Å². The van der Waals surface area contributed by atoms with Crippen molar-refractivity contribution >= 4 is 0 Å². The van der Waals surface area contributed by atoms with Crippen LogP contribution in [0, 0.1) is 0 Å². The molecule has 2 N–H and O–H groups in total. The van der Waals surface area contributed by atoms with E-state index >= 15 is 0 Å². The zero-order chi connectivity index (χ0) is 10.5. The van der Waals surface area contributed by atoms with Gasteiger partial charge in [-0.15, -0.1) is 0 Å². The highest BCUT2D eigenvalue weighted by atomic mass is 16.7. The van der Waals surface area contributed by atoms with Gasteiger partial charge in [0.05, 0.1) is 0 Å². The van der Waals surface area contributed by atoms with E-state index in [4.69, 9.17) is 15.2 Å².